The molecule has 5 aromatic rings. The molecule has 4 aromatic heterocycles. The van der Waals surface area contributed by atoms with Gasteiger partial charge in [0.15, 0.2) is 5.65 Å². The van der Waals surface area contributed by atoms with Crippen molar-refractivity contribution in [3.8, 4) is 22.5 Å². The van der Waals surface area contributed by atoms with Gasteiger partial charge in [0.05, 0.1) is 16.3 Å². The molecule has 162 valence electrons. The van der Waals surface area contributed by atoms with Crippen LogP contribution in [0.5, 0.6) is 0 Å². The van der Waals surface area contributed by atoms with Crippen molar-refractivity contribution in [3.05, 3.63) is 95.3 Å². The normalized spacial score (nSPS) is 11.0. The number of nitrogens with one attached hydrogen (secondary N) is 1. The number of anilines is 1. The van der Waals surface area contributed by atoms with Gasteiger partial charge in [0.2, 0.25) is 0 Å². The summed E-state index contributed by atoms with van der Waals surface area (Å²) in [7, 11) is 0. The molecule has 0 aliphatic rings. The van der Waals surface area contributed by atoms with E-state index in [9.17, 15) is 9.18 Å². The van der Waals surface area contributed by atoms with Crippen molar-refractivity contribution in [2.45, 2.75) is 6.92 Å². The first-order valence-corrected chi connectivity index (χ1v) is 10.4. The number of aromatic nitrogens is 5. The molecule has 0 radical (unpaired) electrons. The standard InChI is InChI=1S/C24H16ClFN6O/c1-14-9-15(4-5-19(14)26)22-23(32-21(31-22)3-2-7-29-32)16-6-8-28-20(11-16)30-24(33)17-10-18(25)13-27-12-17/h2-13H,1H3,(H,28,30,33). The quantitative estimate of drug-likeness (QED) is 0.399. The van der Waals surface area contributed by atoms with Gasteiger partial charge in [-0.15, -0.1) is 0 Å². The fraction of sp³-hybridized carbons (Fsp3) is 0.0417. The van der Waals surface area contributed by atoms with Crippen molar-refractivity contribution in [1.82, 2.24) is 24.6 Å². The van der Waals surface area contributed by atoms with Crippen molar-refractivity contribution in [3.63, 3.8) is 0 Å². The maximum atomic E-state index is 13.9. The van der Waals surface area contributed by atoms with E-state index in [4.69, 9.17) is 16.6 Å². The summed E-state index contributed by atoms with van der Waals surface area (Å²) in [6.07, 6.45) is 6.12. The molecule has 0 fully saturated rings. The molecule has 0 bridgehead atoms. The SMILES string of the molecule is Cc1cc(-c2nc3cccnn3c2-c2ccnc(NC(=O)c3cncc(Cl)c3)c2)ccc1F. The number of benzene rings is 1. The van der Waals surface area contributed by atoms with Gasteiger partial charge < -0.3 is 5.32 Å². The van der Waals surface area contributed by atoms with Gasteiger partial charge in [0.1, 0.15) is 17.3 Å². The van der Waals surface area contributed by atoms with Crippen LogP contribution in [0.15, 0.2) is 73.3 Å². The van der Waals surface area contributed by atoms with Gasteiger partial charge in [-0.2, -0.15) is 5.10 Å². The Morgan fingerprint density at radius 3 is 2.76 bits per heavy atom. The summed E-state index contributed by atoms with van der Waals surface area (Å²) in [6, 6.07) is 13.5. The van der Waals surface area contributed by atoms with E-state index in [0.29, 0.717) is 39.0 Å². The maximum Gasteiger partial charge on any atom is 0.258 e. The Morgan fingerprint density at radius 2 is 1.94 bits per heavy atom. The van der Waals surface area contributed by atoms with Gasteiger partial charge in [-0.3, -0.25) is 9.78 Å². The van der Waals surface area contributed by atoms with Gasteiger partial charge in [0, 0.05) is 35.9 Å². The van der Waals surface area contributed by atoms with Gasteiger partial charge in [-0.25, -0.2) is 18.9 Å². The monoisotopic (exact) mass is 458 g/mol. The van der Waals surface area contributed by atoms with E-state index in [2.05, 4.69) is 20.4 Å². The number of hydrogen-bond acceptors (Lipinski definition) is 5. The van der Waals surface area contributed by atoms with Crippen molar-refractivity contribution in [2.24, 2.45) is 0 Å². The lowest BCUT2D eigenvalue weighted by molar-refractivity contribution is 0.102. The molecule has 0 spiro atoms. The highest BCUT2D eigenvalue weighted by Crippen LogP contribution is 2.33. The van der Waals surface area contributed by atoms with Crippen LogP contribution in [-0.2, 0) is 0 Å². The average molecular weight is 459 g/mol. The lowest BCUT2D eigenvalue weighted by Crippen LogP contribution is -2.13. The number of carbonyl (C=O) groups excluding carboxylic acids is 1. The summed E-state index contributed by atoms with van der Waals surface area (Å²) in [4.78, 5) is 25.5. The summed E-state index contributed by atoms with van der Waals surface area (Å²) >= 11 is 5.94. The van der Waals surface area contributed by atoms with Crippen LogP contribution in [0, 0.1) is 12.7 Å². The predicted octanol–water partition coefficient (Wildman–Crippen LogP) is 5.21. The zero-order valence-electron chi connectivity index (χ0n) is 17.3. The smallest absolute Gasteiger partial charge is 0.258 e. The summed E-state index contributed by atoms with van der Waals surface area (Å²) in [5.41, 5.74) is 4.28. The fourth-order valence-electron chi connectivity index (χ4n) is 3.51. The van der Waals surface area contributed by atoms with Crippen molar-refractivity contribution in [1.29, 1.82) is 0 Å². The molecule has 1 aromatic carbocycles. The van der Waals surface area contributed by atoms with Crippen LogP contribution in [0.1, 0.15) is 15.9 Å². The summed E-state index contributed by atoms with van der Waals surface area (Å²) in [5.74, 6) is -0.337. The summed E-state index contributed by atoms with van der Waals surface area (Å²) in [5, 5.41) is 7.57. The molecule has 1 amide bonds. The van der Waals surface area contributed by atoms with Crippen molar-refractivity contribution < 1.29 is 9.18 Å². The van der Waals surface area contributed by atoms with Crippen molar-refractivity contribution >= 4 is 29.0 Å². The van der Waals surface area contributed by atoms with Crippen LogP contribution in [0.2, 0.25) is 5.02 Å². The van der Waals surface area contributed by atoms with Crippen LogP contribution in [0.25, 0.3) is 28.2 Å². The molecule has 0 unspecified atom stereocenters. The number of imidazole rings is 1. The summed E-state index contributed by atoms with van der Waals surface area (Å²) < 4.78 is 15.6. The van der Waals surface area contributed by atoms with E-state index >= 15 is 0 Å². The third-order valence-corrected chi connectivity index (χ3v) is 5.27. The number of pyridine rings is 2. The van der Waals surface area contributed by atoms with Gasteiger partial charge >= 0.3 is 0 Å². The number of hydrogen-bond donors (Lipinski definition) is 1. The fourth-order valence-corrected chi connectivity index (χ4v) is 3.69. The molecule has 0 aliphatic heterocycles. The molecule has 9 heteroatoms. The molecular weight excluding hydrogens is 443 g/mol. The first-order valence-electron chi connectivity index (χ1n) is 9.98. The number of rotatable bonds is 4. The largest absolute Gasteiger partial charge is 0.306 e. The van der Waals surface area contributed by atoms with Crippen LogP contribution >= 0.6 is 11.6 Å². The van der Waals surface area contributed by atoms with E-state index in [1.165, 1.54) is 24.5 Å². The Balaban J connectivity index is 1.59. The maximum absolute atomic E-state index is 13.9. The van der Waals surface area contributed by atoms with Crippen molar-refractivity contribution in [2.75, 3.05) is 5.32 Å². The highest BCUT2D eigenvalue weighted by Gasteiger charge is 2.18. The second kappa shape index (κ2) is 8.40. The minimum absolute atomic E-state index is 0.286. The number of carbonyl (C=O) groups is 1. The van der Waals surface area contributed by atoms with Gasteiger partial charge in [-0.05, 0) is 61.0 Å². The molecule has 4 heterocycles. The Kier molecular flexibility index (Phi) is 5.27. The molecular formula is C24H16ClFN6O. The Morgan fingerprint density at radius 1 is 1.06 bits per heavy atom. The first-order chi connectivity index (χ1) is 16.0. The second-order valence-corrected chi connectivity index (χ2v) is 7.78. The minimum atomic E-state index is -0.389. The number of aryl methyl sites for hydroxylation is 1. The molecule has 0 aliphatic carbocycles. The molecule has 5 rings (SSSR count). The van der Waals surface area contributed by atoms with E-state index in [0.717, 1.165) is 11.1 Å². The zero-order chi connectivity index (χ0) is 22.9. The first kappa shape index (κ1) is 20.7. The number of fused-ring (bicyclic) bond motifs is 1. The second-order valence-electron chi connectivity index (χ2n) is 7.34. The molecule has 0 saturated carbocycles. The van der Waals surface area contributed by atoms with Crippen LogP contribution in [0.4, 0.5) is 10.2 Å². The highest BCUT2D eigenvalue weighted by molar-refractivity contribution is 6.30. The van der Waals surface area contributed by atoms with E-state index in [1.54, 1.807) is 54.2 Å². The van der Waals surface area contributed by atoms with E-state index in [1.807, 2.05) is 6.07 Å². The Labute approximate surface area is 192 Å². The molecule has 7 nitrogen and oxygen atoms in total. The number of amides is 1. The number of halogens is 2. The van der Waals surface area contributed by atoms with Crippen LogP contribution in [-0.4, -0.2) is 30.5 Å². The Hall–Kier alpha value is -4.17. The lowest BCUT2D eigenvalue weighted by atomic mass is 10.0. The van der Waals surface area contributed by atoms with Crippen LogP contribution in [0.3, 0.4) is 0 Å². The predicted molar refractivity (Wildman–Crippen MR) is 124 cm³/mol. The summed E-state index contributed by atoms with van der Waals surface area (Å²) in [6.45, 7) is 1.71. The number of nitrogens with zero attached hydrogens (tertiary/aromatic N) is 5. The van der Waals surface area contributed by atoms with E-state index < -0.39 is 0 Å². The third-order valence-electron chi connectivity index (χ3n) is 5.07. The van der Waals surface area contributed by atoms with Crippen LogP contribution < -0.4 is 5.32 Å². The zero-order valence-corrected chi connectivity index (χ0v) is 18.1. The lowest BCUT2D eigenvalue weighted by Gasteiger charge is -2.09. The highest BCUT2D eigenvalue weighted by atomic mass is 35.5. The van der Waals surface area contributed by atoms with E-state index in [-0.39, 0.29) is 11.7 Å². The topological polar surface area (TPSA) is 85.1 Å². The third kappa shape index (κ3) is 4.04. The minimum Gasteiger partial charge on any atom is -0.306 e. The molecule has 0 saturated heterocycles. The Bertz CT molecular complexity index is 1520. The van der Waals surface area contributed by atoms with Gasteiger partial charge in [0.25, 0.3) is 5.91 Å². The molecule has 33 heavy (non-hydrogen) atoms. The molecule has 0 atom stereocenters. The average Bonchev–Trinajstić information content (AvgIpc) is 3.21. The molecule has 1 N–H and O–H groups in total. The van der Waals surface area contributed by atoms with Gasteiger partial charge in [-0.1, -0.05) is 11.6 Å².